The summed E-state index contributed by atoms with van der Waals surface area (Å²) in [6, 6.07) is 8.79. The summed E-state index contributed by atoms with van der Waals surface area (Å²) in [7, 11) is 2.18. The molecule has 2 aromatic carbocycles. The van der Waals surface area contributed by atoms with E-state index in [1.165, 1.54) is 33.9 Å². The SMILES string of the molecule is C#Cc1c(N2CCC3(CC2)CN(C(=O)C=C)C3)ccc(OC2CCN(C)CC2)c1-c1c(C)ccc(C)c1CC(=C)CC. The van der Waals surface area contributed by atoms with Crippen LogP contribution in [0.5, 0.6) is 5.75 Å². The molecule has 3 aliphatic rings. The first-order valence-corrected chi connectivity index (χ1v) is 15.6. The van der Waals surface area contributed by atoms with E-state index in [9.17, 15) is 4.79 Å². The van der Waals surface area contributed by atoms with Gasteiger partial charge in [0, 0.05) is 50.2 Å². The quantitative estimate of drug-likeness (QED) is 0.207. The minimum absolute atomic E-state index is 0.0394. The first-order valence-electron chi connectivity index (χ1n) is 15.6. The molecule has 3 fully saturated rings. The van der Waals surface area contributed by atoms with Gasteiger partial charge >= 0.3 is 0 Å². The maximum Gasteiger partial charge on any atom is 0.245 e. The van der Waals surface area contributed by atoms with Crippen molar-refractivity contribution in [2.45, 2.75) is 65.4 Å². The van der Waals surface area contributed by atoms with Crippen molar-refractivity contribution in [3.63, 3.8) is 0 Å². The van der Waals surface area contributed by atoms with Crippen LogP contribution in [0, 0.1) is 31.6 Å². The van der Waals surface area contributed by atoms with Gasteiger partial charge in [0.05, 0.1) is 11.3 Å². The number of allylic oxidation sites excluding steroid dienone is 1. The second-order valence-corrected chi connectivity index (χ2v) is 12.8. The number of terminal acetylenes is 1. The van der Waals surface area contributed by atoms with E-state index < -0.39 is 0 Å². The minimum atomic E-state index is 0.0394. The number of piperidine rings is 2. The van der Waals surface area contributed by atoms with Crippen molar-refractivity contribution in [2.24, 2.45) is 5.41 Å². The Morgan fingerprint density at radius 2 is 1.74 bits per heavy atom. The highest BCUT2D eigenvalue weighted by Gasteiger charge is 2.46. The summed E-state index contributed by atoms with van der Waals surface area (Å²) < 4.78 is 6.85. The first-order chi connectivity index (χ1) is 20.2. The predicted molar refractivity (Wildman–Crippen MR) is 174 cm³/mol. The number of amides is 1. The molecule has 3 heterocycles. The van der Waals surface area contributed by atoms with Crippen LogP contribution >= 0.6 is 0 Å². The Hall–Kier alpha value is -3.49. The molecule has 0 aromatic heterocycles. The number of benzene rings is 2. The highest BCUT2D eigenvalue weighted by atomic mass is 16.5. The third kappa shape index (κ3) is 5.88. The van der Waals surface area contributed by atoms with E-state index >= 15 is 0 Å². The van der Waals surface area contributed by atoms with E-state index in [-0.39, 0.29) is 17.4 Å². The zero-order chi connectivity index (χ0) is 30.0. The Morgan fingerprint density at radius 1 is 1.07 bits per heavy atom. The van der Waals surface area contributed by atoms with Crippen LogP contribution in [0.15, 0.2) is 49.1 Å². The van der Waals surface area contributed by atoms with E-state index in [1.807, 2.05) is 4.90 Å². The van der Waals surface area contributed by atoms with Gasteiger partial charge in [-0.3, -0.25) is 4.79 Å². The van der Waals surface area contributed by atoms with Crippen molar-refractivity contribution in [3.8, 4) is 29.2 Å². The lowest BCUT2D eigenvalue weighted by molar-refractivity contribution is -0.139. The number of carbonyl (C=O) groups excluding carboxylic acids is 1. The lowest BCUT2D eigenvalue weighted by Gasteiger charge is -2.54. The van der Waals surface area contributed by atoms with Crippen molar-refractivity contribution in [1.82, 2.24) is 9.80 Å². The normalized spacial score (nSPS) is 18.8. The molecule has 0 radical (unpaired) electrons. The average molecular weight is 566 g/mol. The molecule has 0 saturated carbocycles. The van der Waals surface area contributed by atoms with Crippen LogP contribution in [-0.2, 0) is 11.2 Å². The Labute approximate surface area is 253 Å². The largest absolute Gasteiger partial charge is 0.490 e. The fourth-order valence-electron chi connectivity index (χ4n) is 7.02. The topological polar surface area (TPSA) is 36.0 Å². The number of carbonyl (C=O) groups is 1. The number of nitrogens with zero attached hydrogens (tertiary/aromatic N) is 3. The molecule has 42 heavy (non-hydrogen) atoms. The van der Waals surface area contributed by atoms with Crippen molar-refractivity contribution < 1.29 is 9.53 Å². The van der Waals surface area contributed by atoms with Gasteiger partial charge in [-0.05, 0) is 99.9 Å². The lowest BCUT2D eigenvalue weighted by Crippen LogP contribution is -2.61. The summed E-state index contributed by atoms with van der Waals surface area (Å²) in [5.74, 6) is 4.08. The standard InChI is InChI=1S/C37H47N3O2/c1-8-26(4)23-31-27(5)11-12-28(6)35(31)36-30(9-2)32(13-14-33(36)42-29-15-19-38(7)20-16-29)39-21-17-37(18-22-39)24-40(25-37)34(41)10-3/h2,10-14,29H,3-4,8,15-25H2,1,5-7H3. The highest BCUT2D eigenvalue weighted by molar-refractivity contribution is 5.88. The van der Waals surface area contributed by atoms with Gasteiger partial charge in [0.1, 0.15) is 11.9 Å². The fraction of sp³-hybridized carbons (Fsp3) is 0.486. The maximum absolute atomic E-state index is 12.1. The molecule has 5 nitrogen and oxygen atoms in total. The Bertz CT molecular complexity index is 1390. The molecular formula is C37H47N3O2. The fourth-order valence-corrected chi connectivity index (χ4v) is 7.02. The Kier molecular flexibility index (Phi) is 8.85. The van der Waals surface area contributed by atoms with Crippen LogP contribution < -0.4 is 9.64 Å². The van der Waals surface area contributed by atoms with Crippen molar-refractivity contribution in [2.75, 3.05) is 51.2 Å². The number of ether oxygens (including phenoxy) is 1. The number of hydrogen-bond donors (Lipinski definition) is 0. The molecule has 0 N–H and O–H groups in total. The van der Waals surface area contributed by atoms with E-state index in [4.69, 9.17) is 11.2 Å². The molecule has 5 heteroatoms. The Morgan fingerprint density at radius 3 is 2.36 bits per heavy atom. The molecule has 2 aromatic rings. The molecule has 0 atom stereocenters. The third-order valence-corrected chi connectivity index (χ3v) is 9.88. The van der Waals surface area contributed by atoms with E-state index in [1.54, 1.807) is 0 Å². The van der Waals surface area contributed by atoms with Gasteiger partial charge in [0.25, 0.3) is 0 Å². The van der Waals surface area contributed by atoms with Crippen LogP contribution in [0.3, 0.4) is 0 Å². The molecule has 0 bridgehead atoms. The number of likely N-dealkylation sites (tertiary alicyclic amines) is 2. The monoisotopic (exact) mass is 565 g/mol. The second-order valence-electron chi connectivity index (χ2n) is 12.8. The maximum atomic E-state index is 12.1. The van der Waals surface area contributed by atoms with Gasteiger partial charge in [-0.25, -0.2) is 0 Å². The molecule has 0 aliphatic carbocycles. The van der Waals surface area contributed by atoms with Gasteiger partial charge < -0.3 is 19.4 Å². The molecule has 0 unspecified atom stereocenters. The van der Waals surface area contributed by atoms with Crippen molar-refractivity contribution in [3.05, 3.63) is 71.3 Å². The number of anilines is 1. The predicted octanol–water partition coefficient (Wildman–Crippen LogP) is 6.55. The lowest BCUT2D eigenvalue weighted by atomic mass is 9.71. The summed E-state index contributed by atoms with van der Waals surface area (Å²) in [5.41, 5.74) is 9.48. The number of aryl methyl sites for hydroxylation is 2. The van der Waals surface area contributed by atoms with Crippen molar-refractivity contribution in [1.29, 1.82) is 0 Å². The van der Waals surface area contributed by atoms with Gasteiger partial charge in [-0.2, -0.15) is 0 Å². The summed E-state index contributed by atoms with van der Waals surface area (Å²) in [4.78, 5) is 18.8. The van der Waals surface area contributed by atoms with Gasteiger partial charge in [0.2, 0.25) is 5.91 Å². The molecule has 1 spiro atoms. The highest BCUT2D eigenvalue weighted by Crippen LogP contribution is 2.46. The van der Waals surface area contributed by atoms with Crippen LogP contribution in [-0.4, -0.2) is 68.1 Å². The van der Waals surface area contributed by atoms with Gasteiger partial charge in [-0.15, -0.1) is 6.42 Å². The smallest absolute Gasteiger partial charge is 0.245 e. The number of rotatable bonds is 8. The zero-order valence-corrected chi connectivity index (χ0v) is 26.1. The summed E-state index contributed by atoms with van der Waals surface area (Å²) in [6.45, 7) is 20.2. The first kappa shape index (κ1) is 30.0. The van der Waals surface area contributed by atoms with Crippen molar-refractivity contribution >= 4 is 11.6 Å². The molecule has 1 amide bonds. The van der Waals surface area contributed by atoms with Gasteiger partial charge in [-0.1, -0.05) is 43.7 Å². The second kappa shape index (κ2) is 12.4. The van der Waals surface area contributed by atoms with E-state index in [0.717, 1.165) is 100 Å². The molecule has 222 valence electrons. The zero-order valence-electron chi connectivity index (χ0n) is 26.1. The number of hydrogen-bond acceptors (Lipinski definition) is 4. The Balaban J connectivity index is 1.54. The van der Waals surface area contributed by atoms with E-state index in [0.29, 0.717) is 0 Å². The summed E-state index contributed by atoms with van der Waals surface area (Å²) in [5, 5.41) is 0. The van der Waals surface area contributed by atoms with E-state index in [2.05, 4.69) is 81.0 Å². The summed E-state index contributed by atoms with van der Waals surface area (Å²) in [6.07, 6.45) is 13.9. The van der Waals surface area contributed by atoms with Crippen LogP contribution in [0.1, 0.15) is 61.3 Å². The third-order valence-electron chi connectivity index (χ3n) is 9.88. The van der Waals surface area contributed by atoms with Crippen LogP contribution in [0.2, 0.25) is 0 Å². The molecule has 3 aliphatic heterocycles. The molecule has 3 saturated heterocycles. The summed E-state index contributed by atoms with van der Waals surface area (Å²) >= 11 is 0. The van der Waals surface area contributed by atoms with Crippen LogP contribution in [0.4, 0.5) is 5.69 Å². The molecular weight excluding hydrogens is 518 g/mol. The van der Waals surface area contributed by atoms with Gasteiger partial charge in [0.15, 0.2) is 0 Å². The molecule has 5 rings (SSSR count). The minimum Gasteiger partial charge on any atom is -0.490 e. The average Bonchev–Trinajstić information content (AvgIpc) is 2.98. The van der Waals surface area contributed by atoms with Crippen LogP contribution in [0.25, 0.3) is 11.1 Å².